The summed E-state index contributed by atoms with van der Waals surface area (Å²) in [6.07, 6.45) is 3.86. The molecular formula is C26H25N3O3. The van der Waals surface area contributed by atoms with Gasteiger partial charge in [-0.2, -0.15) is 0 Å². The zero-order valence-electron chi connectivity index (χ0n) is 17.6. The van der Waals surface area contributed by atoms with Gasteiger partial charge in [-0.3, -0.25) is 9.78 Å². The lowest BCUT2D eigenvalue weighted by Gasteiger charge is -2.05. The summed E-state index contributed by atoms with van der Waals surface area (Å²) >= 11 is 0. The summed E-state index contributed by atoms with van der Waals surface area (Å²) < 4.78 is 5.18. The minimum atomic E-state index is -0.288. The number of carbonyl (C=O) groups is 2. The van der Waals surface area contributed by atoms with Gasteiger partial charge in [-0.15, -0.1) is 0 Å². The number of hydrogen-bond acceptors (Lipinski definition) is 5. The number of benzene rings is 3. The van der Waals surface area contributed by atoms with Gasteiger partial charge in [0.2, 0.25) is 5.91 Å². The summed E-state index contributed by atoms with van der Waals surface area (Å²) in [4.78, 5) is 27.0. The van der Waals surface area contributed by atoms with E-state index in [1.54, 1.807) is 24.5 Å². The van der Waals surface area contributed by atoms with Crippen molar-refractivity contribution in [3.63, 3.8) is 0 Å². The quantitative estimate of drug-likeness (QED) is 0.440. The van der Waals surface area contributed by atoms with Crippen LogP contribution in [0.15, 0.2) is 97.3 Å². The van der Waals surface area contributed by atoms with Gasteiger partial charge in [0.25, 0.3) is 0 Å². The molecule has 6 heteroatoms. The van der Waals surface area contributed by atoms with Crippen LogP contribution in [0.1, 0.15) is 22.3 Å². The first-order valence-corrected chi connectivity index (χ1v) is 10.3. The second-order valence-corrected chi connectivity index (χ2v) is 6.95. The Morgan fingerprint density at radius 3 is 2.31 bits per heavy atom. The van der Waals surface area contributed by atoms with Gasteiger partial charge >= 0.3 is 5.97 Å². The van der Waals surface area contributed by atoms with Crippen molar-refractivity contribution in [2.24, 2.45) is 5.73 Å². The van der Waals surface area contributed by atoms with Crippen LogP contribution in [-0.4, -0.2) is 23.4 Å². The molecule has 0 radical (unpaired) electrons. The van der Waals surface area contributed by atoms with Gasteiger partial charge in [-0.25, -0.2) is 4.79 Å². The molecule has 6 nitrogen and oxygen atoms in total. The highest BCUT2D eigenvalue weighted by atomic mass is 16.5. The van der Waals surface area contributed by atoms with Gasteiger partial charge in [0.15, 0.2) is 0 Å². The summed E-state index contributed by atoms with van der Waals surface area (Å²) in [6, 6.07) is 26.3. The topological polar surface area (TPSA) is 94.3 Å². The van der Waals surface area contributed by atoms with Gasteiger partial charge in [0, 0.05) is 36.4 Å². The van der Waals surface area contributed by atoms with Crippen molar-refractivity contribution in [2.45, 2.75) is 13.0 Å². The number of rotatable bonds is 6. The maximum atomic E-state index is 11.6. The summed E-state index contributed by atoms with van der Waals surface area (Å²) in [6.45, 7) is 0.678. The first-order valence-electron chi connectivity index (χ1n) is 10.3. The number of nitrogens with zero attached hydrogens (tertiary/aromatic N) is 1. The van der Waals surface area contributed by atoms with Crippen LogP contribution in [-0.2, 0) is 16.1 Å². The fraction of sp³-hybridized carbons (Fsp3) is 0.115. The van der Waals surface area contributed by atoms with E-state index < -0.39 is 0 Å². The van der Waals surface area contributed by atoms with Crippen molar-refractivity contribution in [1.82, 2.24) is 4.98 Å². The molecule has 3 aromatic carbocycles. The third-order valence-electron chi connectivity index (χ3n) is 4.52. The molecule has 0 bridgehead atoms. The van der Waals surface area contributed by atoms with Crippen molar-refractivity contribution < 1.29 is 14.3 Å². The summed E-state index contributed by atoms with van der Waals surface area (Å²) in [5.41, 5.74) is 7.67. The van der Waals surface area contributed by atoms with Crippen LogP contribution in [0.25, 0.3) is 10.8 Å². The summed E-state index contributed by atoms with van der Waals surface area (Å²) in [5.74, 6) is -0.347. The molecule has 0 aliphatic carbocycles. The minimum Gasteiger partial charge on any atom is -0.457 e. The Bertz CT molecular complexity index is 1150. The lowest BCUT2D eigenvalue weighted by atomic mass is 10.1. The van der Waals surface area contributed by atoms with Crippen molar-refractivity contribution in [1.29, 1.82) is 0 Å². The number of amides is 1. The van der Waals surface area contributed by atoms with Crippen LogP contribution in [0.3, 0.4) is 0 Å². The molecule has 0 aliphatic rings. The van der Waals surface area contributed by atoms with Gasteiger partial charge in [0.1, 0.15) is 6.61 Å². The Labute approximate surface area is 187 Å². The van der Waals surface area contributed by atoms with Crippen LogP contribution in [0.5, 0.6) is 0 Å². The number of aromatic nitrogens is 1. The lowest BCUT2D eigenvalue weighted by Crippen LogP contribution is -2.16. The fourth-order valence-corrected chi connectivity index (χ4v) is 2.90. The molecule has 4 rings (SSSR count). The van der Waals surface area contributed by atoms with E-state index in [2.05, 4.69) is 10.3 Å². The lowest BCUT2D eigenvalue weighted by molar-refractivity contribution is -0.116. The Balaban J connectivity index is 0.000000181. The van der Waals surface area contributed by atoms with E-state index in [9.17, 15) is 9.59 Å². The molecule has 162 valence electrons. The molecular weight excluding hydrogens is 402 g/mol. The Hall–Kier alpha value is -4.03. The molecule has 0 saturated heterocycles. The Kier molecular flexibility index (Phi) is 8.48. The largest absolute Gasteiger partial charge is 0.457 e. The number of ether oxygens (including phenoxy) is 1. The van der Waals surface area contributed by atoms with Crippen LogP contribution >= 0.6 is 0 Å². The molecule has 0 spiro atoms. The Morgan fingerprint density at radius 2 is 1.59 bits per heavy atom. The zero-order valence-corrected chi connectivity index (χ0v) is 17.6. The highest BCUT2D eigenvalue weighted by Crippen LogP contribution is 2.17. The number of carbonyl (C=O) groups excluding carboxylic acids is 2. The van der Waals surface area contributed by atoms with Gasteiger partial charge in [-0.05, 0) is 41.3 Å². The number of fused-ring (bicyclic) bond motifs is 1. The Morgan fingerprint density at radius 1 is 0.875 bits per heavy atom. The maximum Gasteiger partial charge on any atom is 0.338 e. The fourth-order valence-electron chi connectivity index (χ4n) is 2.90. The monoisotopic (exact) mass is 427 g/mol. The molecule has 0 unspecified atom stereocenters. The van der Waals surface area contributed by atoms with Crippen molar-refractivity contribution in [3.05, 3.63) is 108 Å². The average molecular weight is 428 g/mol. The van der Waals surface area contributed by atoms with E-state index in [1.165, 1.54) is 0 Å². The molecule has 4 aromatic rings. The molecule has 3 N–H and O–H groups in total. The van der Waals surface area contributed by atoms with E-state index in [0.29, 0.717) is 25.1 Å². The average Bonchev–Trinajstić information content (AvgIpc) is 2.84. The predicted molar refractivity (Wildman–Crippen MR) is 126 cm³/mol. The highest BCUT2D eigenvalue weighted by Gasteiger charge is 2.05. The van der Waals surface area contributed by atoms with Crippen LogP contribution in [0.4, 0.5) is 5.69 Å². The van der Waals surface area contributed by atoms with Gasteiger partial charge in [-0.1, -0.05) is 54.6 Å². The standard InChI is InChI=1S/C14H12O2.C12H13N3O/c15-14(13-9-5-2-6-10-13)16-11-12-7-3-1-4-8-12;13-5-3-12(16)15-11-2-1-10-8-14-6-4-9(10)7-11/h1-10H,11H2;1-2,4,6-8H,3,5,13H2,(H,15,16). The first-order chi connectivity index (χ1) is 15.7. The van der Waals surface area contributed by atoms with E-state index in [-0.39, 0.29) is 11.9 Å². The molecule has 0 fully saturated rings. The summed E-state index contributed by atoms with van der Waals surface area (Å²) in [5, 5.41) is 4.91. The van der Waals surface area contributed by atoms with E-state index in [4.69, 9.17) is 10.5 Å². The zero-order chi connectivity index (χ0) is 22.6. The first kappa shape index (κ1) is 22.7. The van der Waals surface area contributed by atoms with E-state index >= 15 is 0 Å². The second kappa shape index (κ2) is 12.0. The number of esters is 1. The maximum absolute atomic E-state index is 11.6. The number of pyridine rings is 1. The number of nitrogens with two attached hydrogens (primary N) is 1. The number of nitrogens with one attached hydrogen (secondary N) is 1. The van der Waals surface area contributed by atoms with Gasteiger partial charge in [0.05, 0.1) is 5.56 Å². The summed E-state index contributed by atoms with van der Waals surface area (Å²) in [7, 11) is 0. The second-order valence-electron chi connectivity index (χ2n) is 6.95. The molecule has 0 atom stereocenters. The predicted octanol–water partition coefficient (Wildman–Crippen LogP) is 4.57. The molecule has 0 aliphatic heterocycles. The molecule has 0 saturated carbocycles. The molecule has 1 aromatic heterocycles. The number of anilines is 1. The van der Waals surface area contributed by atoms with Crippen LogP contribution in [0, 0.1) is 0 Å². The minimum absolute atomic E-state index is 0.0593. The molecule has 32 heavy (non-hydrogen) atoms. The van der Waals surface area contributed by atoms with Crippen molar-refractivity contribution >= 4 is 28.3 Å². The normalized spacial score (nSPS) is 10.0. The van der Waals surface area contributed by atoms with E-state index in [0.717, 1.165) is 22.0 Å². The highest BCUT2D eigenvalue weighted by molar-refractivity contribution is 5.94. The molecule has 1 heterocycles. The SMILES string of the molecule is NCCC(=O)Nc1ccc2cnccc2c1.O=C(OCc1ccccc1)c1ccccc1. The van der Waals surface area contributed by atoms with Crippen molar-refractivity contribution in [3.8, 4) is 0 Å². The molecule has 1 amide bonds. The third-order valence-corrected chi connectivity index (χ3v) is 4.52. The number of hydrogen-bond donors (Lipinski definition) is 2. The smallest absolute Gasteiger partial charge is 0.338 e. The van der Waals surface area contributed by atoms with E-state index in [1.807, 2.05) is 72.8 Å². The van der Waals surface area contributed by atoms with Crippen molar-refractivity contribution in [2.75, 3.05) is 11.9 Å². The van der Waals surface area contributed by atoms with Crippen LogP contribution in [0.2, 0.25) is 0 Å². The van der Waals surface area contributed by atoms with Crippen LogP contribution < -0.4 is 11.1 Å². The van der Waals surface area contributed by atoms with Gasteiger partial charge < -0.3 is 15.8 Å². The third kappa shape index (κ3) is 7.04.